The first-order valence-electron chi connectivity index (χ1n) is 9.86. The molecule has 2 amide bonds. The third kappa shape index (κ3) is 3.26. The summed E-state index contributed by atoms with van der Waals surface area (Å²) < 4.78 is 0. The number of fused-ring (bicyclic) bond motifs is 3. The third-order valence-electron chi connectivity index (χ3n) is 5.79. The van der Waals surface area contributed by atoms with Gasteiger partial charge in [-0.2, -0.15) is 5.10 Å². The molecule has 1 aromatic carbocycles. The summed E-state index contributed by atoms with van der Waals surface area (Å²) in [7, 11) is 0. The quantitative estimate of drug-likeness (QED) is 0.852. The summed E-state index contributed by atoms with van der Waals surface area (Å²) in [6, 6.07) is 8.01. The second-order valence-electron chi connectivity index (χ2n) is 7.62. The number of hydrogen-bond acceptors (Lipinski definition) is 5. The molecule has 1 saturated carbocycles. The molecule has 3 aliphatic rings. The standard InChI is InChI=1S/C20H27N5O2/c1-3-17-22-23-19-20(27)24(15-9-4-5-10-16(15)25(17)19)12-18(26)21-14-8-6-7-13(2)11-14/h6-8,11,15-16,19,23H,3-5,9-10,12H2,1-2H3,(H,21,26). The van der Waals surface area contributed by atoms with Gasteiger partial charge in [0.05, 0.1) is 12.1 Å². The van der Waals surface area contributed by atoms with Crippen molar-refractivity contribution in [2.24, 2.45) is 5.10 Å². The molecule has 1 aromatic rings. The average molecular weight is 369 g/mol. The number of hydrogen-bond donors (Lipinski definition) is 2. The van der Waals surface area contributed by atoms with E-state index in [1.165, 1.54) is 0 Å². The molecule has 4 rings (SSSR count). The van der Waals surface area contributed by atoms with Crippen molar-refractivity contribution in [2.45, 2.75) is 64.2 Å². The van der Waals surface area contributed by atoms with Crippen LogP contribution >= 0.6 is 0 Å². The number of carbonyl (C=O) groups is 2. The maximum atomic E-state index is 13.1. The number of nitrogens with one attached hydrogen (secondary N) is 2. The van der Waals surface area contributed by atoms with Crippen molar-refractivity contribution < 1.29 is 9.59 Å². The molecule has 2 aliphatic heterocycles. The van der Waals surface area contributed by atoms with E-state index in [4.69, 9.17) is 0 Å². The number of anilines is 1. The Kier molecular flexibility index (Phi) is 4.76. The molecule has 3 atom stereocenters. The summed E-state index contributed by atoms with van der Waals surface area (Å²) in [6.07, 6.45) is 4.55. The number of rotatable bonds is 4. The van der Waals surface area contributed by atoms with E-state index >= 15 is 0 Å². The molecular weight excluding hydrogens is 342 g/mol. The van der Waals surface area contributed by atoms with Crippen LogP contribution in [0, 0.1) is 6.92 Å². The maximum Gasteiger partial charge on any atom is 0.268 e. The Hall–Kier alpha value is -2.57. The van der Waals surface area contributed by atoms with E-state index in [1.54, 1.807) is 4.90 Å². The summed E-state index contributed by atoms with van der Waals surface area (Å²) >= 11 is 0. The number of hydrazone groups is 1. The molecule has 0 bridgehead atoms. The Morgan fingerprint density at radius 2 is 2.07 bits per heavy atom. The van der Waals surface area contributed by atoms with Crippen LogP contribution in [0.5, 0.6) is 0 Å². The lowest BCUT2D eigenvalue weighted by Gasteiger charge is -2.51. The van der Waals surface area contributed by atoms with Crippen molar-refractivity contribution in [1.29, 1.82) is 0 Å². The van der Waals surface area contributed by atoms with Crippen LogP contribution in [0.1, 0.15) is 44.6 Å². The van der Waals surface area contributed by atoms with Gasteiger partial charge < -0.3 is 15.1 Å². The van der Waals surface area contributed by atoms with Gasteiger partial charge in [-0.25, -0.2) is 0 Å². The topological polar surface area (TPSA) is 77.0 Å². The SMILES string of the molecule is CCC1=NNC2C(=O)N(CC(=O)Nc3cccc(C)c3)C3CCCCC3N12. The highest BCUT2D eigenvalue weighted by Gasteiger charge is 2.50. The van der Waals surface area contributed by atoms with Gasteiger partial charge in [-0.05, 0) is 37.5 Å². The van der Waals surface area contributed by atoms with Crippen LogP contribution in [0.15, 0.2) is 29.4 Å². The van der Waals surface area contributed by atoms with Gasteiger partial charge in [-0.15, -0.1) is 0 Å². The monoisotopic (exact) mass is 369 g/mol. The van der Waals surface area contributed by atoms with E-state index in [9.17, 15) is 9.59 Å². The normalized spacial score (nSPS) is 26.8. The Balaban J connectivity index is 1.52. The van der Waals surface area contributed by atoms with Gasteiger partial charge in [0, 0.05) is 12.1 Å². The molecule has 0 spiro atoms. The van der Waals surface area contributed by atoms with Crippen molar-refractivity contribution in [3.63, 3.8) is 0 Å². The summed E-state index contributed by atoms with van der Waals surface area (Å²) in [5, 5.41) is 7.31. The molecule has 144 valence electrons. The molecule has 7 nitrogen and oxygen atoms in total. The zero-order chi connectivity index (χ0) is 19.0. The highest BCUT2D eigenvalue weighted by atomic mass is 16.2. The van der Waals surface area contributed by atoms with Crippen molar-refractivity contribution in [3.05, 3.63) is 29.8 Å². The Morgan fingerprint density at radius 1 is 1.30 bits per heavy atom. The molecule has 2 N–H and O–H groups in total. The van der Waals surface area contributed by atoms with E-state index in [2.05, 4.69) is 27.7 Å². The van der Waals surface area contributed by atoms with Crippen LogP contribution < -0.4 is 10.7 Å². The first-order valence-corrected chi connectivity index (χ1v) is 9.86. The van der Waals surface area contributed by atoms with Crippen molar-refractivity contribution in [1.82, 2.24) is 15.2 Å². The van der Waals surface area contributed by atoms with Gasteiger partial charge in [0.1, 0.15) is 12.4 Å². The minimum absolute atomic E-state index is 0.0512. The summed E-state index contributed by atoms with van der Waals surface area (Å²) in [5.74, 6) is 0.750. The molecule has 0 aromatic heterocycles. The minimum atomic E-state index is -0.467. The van der Waals surface area contributed by atoms with Gasteiger partial charge >= 0.3 is 0 Å². The van der Waals surface area contributed by atoms with Gasteiger partial charge in [0.2, 0.25) is 5.91 Å². The number of aryl methyl sites for hydroxylation is 1. The molecule has 7 heteroatoms. The first-order chi connectivity index (χ1) is 13.1. The highest BCUT2D eigenvalue weighted by Crippen LogP contribution is 2.34. The van der Waals surface area contributed by atoms with Crippen LogP contribution in [0.4, 0.5) is 5.69 Å². The third-order valence-corrected chi connectivity index (χ3v) is 5.79. The number of amidine groups is 1. The number of nitrogens with zero attached hydrogens (tertiary/aromatic N) is 3. The van der Waals surface area contributed by atoms with Crippen LogP contribution in [-0.2, 0) is 9.59 Å². The lowest BCUT2D eigenvalue weighted by Crippen LogP contribution is -2.69. The molecule has 1 aliphatic carbocycles. The summed E-state index contributed by atoms with van der Waals surface area (Å²) in [4.78, 5) is 29.7. The van der Waals surface area contributed by atoms with Crippen molar-refractivity contribution >= 4 is 23.3 Å². The molecule has 27 heavy (non-hydrogen) atoms. The summed E-state index contributed by atoms with van der Waals surface area (Å²) in [5.41, 5.74) is 4.85. The fourth-order valence-electron chi connectivity index (χ4n) is 4.60. The molecule has 2 heterocycles. The average Bonchev–Trinajstić information content (AvgIpc) is 3.09. The van der Waals surface area contributed by atoms with Gasteiger partial charge in [0.25, 0.3) is 5.91 Å². The van der Waals surface area contributed by atoms with Crippen LogP contribution in [-0.4, -0.2) is 52.2 Å². The van der Waals surface area contributed by atoms with Crippen LogP contribution in [0.3, 0.4) is 0 Å². The van der Waals surface area contributed by atoms with Gasteiger partial charge in [-0.1, -0.05) is 31.9 Å². The first kappa shape index (κ1) is 17.8. The zero-order valence-electron chi connectivity index (χ0n) is 15.9. The van der Waals surface area contributed by atoms with E-state index in [0.29, 0.717) is 0 Å². The molecule has 2 fully saturated rings. The molecule has 0 radical (unpaired) electrons. The second kappa shape index (κ2) is 7.21. The Morgan fingerprint density at radius 3 is 2.81 bits per heavy atom. The lowest BCUT2D eigenvalue weighted by molar-refractivity contribution is -0.151. The fraction of sp³-hybridized carbons (Fsp3) is 0.550. The van der Waals surface area contributed by atoms with Gasteiger partial charge in [0.15, 0.2) is 6.17 Å². The van der Waals surface area contributed by atoms with Crippen LogP contribution in [0.2, 0.25) is 0 Å². The minimum Gasteiger partial charge on any atom is -0.325 e. The number of amides is 2. The maximum absolute atomic E-state index is 13.1. The van der Waals surface area contributed by atoms with E-state index in [1.807, 2.05) is 31.2 Å². The lowest BCUT2D eigenvalue weighted by atomic mass is 9.85. The molecule has 3 unspecified atom stereocenters. The Bertz CT molecular complexity index is 777. The number of piperazine rings is 1. The zero-order valence-corrected chi connectivity index (χ0v) is 15.9. The predicted molar refractivity (Wildman–Crippen MR) is 104 cm³/mol. The predicted octanol–water partition coefficient (Wildman–Crippen LogP) is 2.04. The van der Waals surface area contributed by atoms with E-state index in [-0.39, 0.29) is 30.4 Å². The highest BCUT2D eigenvalue weighted by molar-refractivity contribution is 5.98. The van der Waals surface area contributed by atoms with Crippen molar-refractivity contribution in [3.8, 4) is 0 Å². The van der Waals surface area contributed by atoms with Gasteiger partial charge in [-0.3, -0.25) is 15.0 Å². The van der Waals surface area contributed by atoms with Crippen LogP contribution in [0.25, 0.3) is 0 Å². The number of carbonyl (C=O) groups excluding carboxylic acids is 2. The smallest absolute Gasteiger partial charge is 0.268 e. The summed E-state index contributed by atoms with van der Waals surface area (Å²) in [6.45, 7) is 4.14. The van der Waals surface area contributed by atoms with Crippen molar-refractivity contribution in [2.75, 3.05) is 11.9 Å². The fourth-order valence-corrected chi connectivity index (χ4v) is 4.60. The molecular formula is C20H27N5O2. The molecule has 1 saturated heterocycles. The van der Waals surface area contributed by atoms with E-state index in [0.717, 1.165) is 49.2 Å². The largest absolute Gasteiger partial charge is 0.325 e. The Labute approximate surface area is 159 Å². The van der Waals surface area contributed by atoms with E-state index < -0.39 is 6.17 Å². The second-order valence-corrected chi connectivity index (χ2v) is 7.62. The number of benzene rings is 1.